The maximum atomic E-state index is 12.5. The Labute approximate surface area is 166 Å². The van der Waals surface area contributed by atoms with Crippen molar-refractivity contribution in [2.24, 2.45) is 5.73 Å². The van der Waals surface area contributed by atoms with Gasteiger partial charge in [0, 0.05) is 25.2 Å². The van der Waals surface area contributed by atoms with Crippen molar-refractivity contribution in [3.05, 3.63) is 18.2 Å². The van der Waals surface area contributed by atoms with Crippen molar-refractivity contribution in [2.75, 3.05) is 32.8 Å². The van der Waals surface area contributed by atoms with E-state index in [2.05, 4.69) is 4.72 Å². The van der Waals surface area contributed by atoms with E-state index < -0.39 is 10.0 Å². The fourth-order valence-electron chi connectivity index (χ4n) is 2.70. The van der Waals surface area contributed by atoms with E-state index in [1.165, 1.54) is 12.1 Å². The van der Waals surface area contributed by atoms with Crippen LogP contribution in [0.15, 0.2) is 23.1 Å². The van der Waals surface area contributed by atoms with E-state index in [0.29, 0.717) is 37.8 Å². The molecular formula is C17H28ClN3O5S. The molecule has 1 amide bonds. The summed E-state index contributed by atoms with van der Waals surface area (Å²) >= 11 is 0. The normalized spacial score (nSPS) is 15.1. The maximum absolute atomic E-state index is 12.5. The summed E-state index contributed by atoms with van der Waals surface area (Å²) in [5.74, 6) is 0.582. The highest BCUT2D eigenvalue weighted by molar-refractivity contribution is 7.89. The first-order valence-electron chi connectivity index (χ1n) is 8.80. The van der Waals surface area contributed by atoms with Crippen LogP contribution in [0.5, 0.6) is 11.5 Å². The van der Waals surface area contributed by atoms with Gasteiger partial charge in [-0.05, 0) is 38.8 Å². The van der Waals surface area contributed by atoms with Crippen molar-refractivity contribution >= 4 is 28.3 Å². The van der Waals surface area contributed by atoms with Gasteiger partial charge in [0.15, 0.2) is 11.5 Å². The van der Waals surface area contributed by atoms with Gasteiger partial charge in [0.05, 0.1) is 24.7 Å². The second kappa shape index (κ2) is 10.7. The molecule has 154 valence electrons. The summed E-state index contributed by atoms with van der Waals surface area (Å²) in [4.78, 5) is 13.9. The number of nitrogens with one attached hydrogen (secondary N) is 1. The molecule has 3 N–H and O–H groups in total. The summed E-state index contributed by atoms with van der Waals surface area (Å²) in [5, 5.41) is 0. The Morgan fingerprint density at radius 3 is 2.37 bits per heavy atom. The Bertz CT molecular complexity index is 721. The van der Waals surface area contributed by atoms with Crippen LogP contribution in [0, 0.1) is 0 Å². The number of sulfonamides is 1. The number of benzene rings is 1. The number of ether oxygens (including phenoxy) is 2. The SMILES string of the molecule is CCOc1ccc(S(=O)(=O)NCC(=O)N2CCC(N)CC2)cc1OCC.Cl. The lowest BCUT2D eigenvalue weighted by atomic mass is 10.1. The van der Waals surface area contributed by atoms with E-state index in [9.17, 15) is 13.2 Å². The monoisotopic (exact) mass is 421 g/mol. The largest absolute Gasteiger partial charge is 0.490 e. The molecule has 1 fully saturated rings. The van der Waals surface area contributed by atoms with Gasteiger partial charge in [-0.2, -0.15) is 0 Å². The van der Waals surface area contributed by atoms with Crippen molar-refractivity contribution in [3.63, 3.8) is 0 Å². The van der Waals surface area contributed by atoms with Crippen LogP contribution in [-0.2, 0) is 14.8 Å². The smallest absolute Gasteiger partial charge is 0.241 e. The van der Waals surface area contributed by atoms with Crippen molar-refractivity contribution < 1.29 is 22.7 Å². The van der Waals surface area contributed by atoms with Crippen molar-refractivity contribution in [2.45, 2.75) is 37.6 Å². The Morgan fingerprint density at radius 1 is 1.19 bits per heavy atom. The summed E-state index contributed by atoms with van der Waals surface area (Å²) < 4.78 is 38.2. The Balaban J connectivity index is 0.00000364. The summed E-state index contributed by atoms with van der Waals surface area (Å²) in [6.45, 7) is 5.29. The van der Waals surface area contributed by atoms with Crippen LogP contribution in [0.4, 0.5) is 0 Å². The average Bonchev–Trinajstić information content (AvgIpc) is 2.62. The van der Waals surface area contributed by atoms with Crippen LogP contribution in [-0.4, -0.2) is 58.1 Å². The maximum Gasteiger partial charge on any atom is 0.241 e. The van der Waals surface area contributed by atoms with E-state index in [-0.39, 0.29) is 35.8 Å². The van der Waals surface area contributed by atoms with E-state index in [1.54, 1.807) is 17.9 Å². The minimum Gasteiger partial charge on any atom is -0.490 e. The molecule has 0 aliphatic carbocycles. The quantitative estimate of drug-likeness (QED) is 0.651. The van der Waals surface area contributed by atoms with Crippen LogP contribution in [0.25, 0.3) is 0 Å². The Hall–Kier alpha value is -1.55. The molecule has 8 nitrogen and oxygen atoms in total. The predicted octanol–water partition coefficient (Wildman–Crippen LogP) is 1.13. The topological polar surface area (TPSA) is 111 Å². The highest BCUT2D eigenvalue weighted by Crippen LogP contribution is 2.30. The van der Waals surface area contributed by atoms with E-state index >= 15 is 0 Å². The van der Waals surface area contributed by atoms with E-state index in [4.69, 9.17) is 15.2 Å². The lowest BCUT2D eigenvalue weighted by molar-refractivity contribution is -0.130. The van der Waals surface area contributed by atoms with Gasteiger partial charge in [0.2, 0.25) is 15.9 Å². The molecule has 0 spiro atoms. The molecule has 1 aliphatic heterocycles. The van der Waals surface area contributed by atoms with Gasteiger partial charge in [0.1, 0.15) is 0 Å². The first-order chi connectivity index (χ1) is 12.4. The van der Waals surface area contributed by atoms with Gasteiger partial charge < -0.3 is 20.1 Å². The predicted molar refractivity (Wildman–Crippen MR) is 105 cm³/mol. The van der Waals surface area contributed by atoms with Gasteiger partial charge in [-0.15, -0.1) is 12.4 Å². The lowest BCUT2D eigenvalue weighted by Gasteiger charge is -2.30. The number of hydrogen-bond acceptors (Lipinski definition) is 6. The number of halogens is 1. The molecule has 27 heavy (non-hydrogen) atoms. The molecule has 1 aromatic rings. The second-order valence-corrected chi connectivity index (χ2v) is 7.78. The van der Waals surface area contributed by atoms with Crippen LogP contribution in [0.2, 0.25) is 0 Å². The minimum atomic E-state index is -3.84. The third-order valence-electron chi connectivity index (χ3n) is 4.13. The molecule has 1 aromatic carbocycles. The number of nitrogens with two attached hydrogens (primary N) is 1. The molecule has 0 unspecified atom stereocenters. The van der Waals surface area contributed by atoms with Crippen molar-refractivity contribution in [3.8, 4) is 11.5 Å². The molecule has 0 aromatic heterocycles. The first kappa shape index (κ1) is 23.5. The zero-order valence-electron chi connectivity index (χ0n) is 15.6. The van der Waals surface area contributed by atoms with Gasteiger partial charge in [0.25, 0.3) is 0 Å². The van der Waals surface area contributed by atoms with Gasteiger partial charge >= 0.3 is 0 Å². The molecule has 1 heterocycles. The fourth-order valence-corrected chi connectivity index (χ4v) is 3.69. The molecule has 1 aliphatic rings. The van der Waals surface area contributed by atoms with E-state index in [0.717, 1.165) is 12.8 Å². The highest BCUT2D eigenvalue weighted by atomic mass is 35.5. The van der Waals surface area contributed by atoms with E-state index in [1.807, 2.05) is 6.92 Å². The summed E-state index contributed by atoms with van der Waals surface area (Å²) in [5.41, 5.74) is 5.82. The Morgan fingerprint density at radius 2 is 1.78 bits per heavy atom. The van der Waals surface area contributed by atoms with Gasteiger partial charge in [-0.25, -0.2) is 13.1 Å². The average molecular weight is 422 g/mol. The number of amides is 1. The molecule has 0 radical (unpaired) electrons. The second-order valence-electron chi connectivity index (χ2n) is 6.02. The minimum absolute atomic E-state index is 0. The van der Waals surface area contributed by atoms with Crippen molar-refractivity contribution in [1.29, 1.82) is 0 Å². The number of rotatable bonds is 8. The van der Waals surface area contributed by atoms with Gasteiger partial charge in [-0.3, -0.25) is 4.79 Å². The number of piperidine rings is 1. The van der Waals surface area contributed by atoms with Crippen LogP contribution >= 0.6 is 12.4 Å². The van der Waals surface area contributed by atoms with Crippen LogP contribution < -0.4 is 19.9 Å². The number of hydrogen-bond donors (Lipinski definition) is 2. The zero-order valence-corrected chi connectivity index (χ0v) is 17.3. The third kappa shape index (κ3) is 6.53. The fraction of sp³-hybridized carbons (Fsp3) is 0.588. The number of carbonyl (C=O) groups is 1. The first-order valence-corrected chi connectivity index (χ1v) is 10.3. The summed E-state index contributed by atoms with van der Waals surface area (Å²) in [6.07, 6.45) is 1.46. The highest BCUT2D eigenvalue weighted by Gasteiger charge is 2.23. The molecule has 2 rings (SSSR count). The zero-order chi connectivity index (χ0) is 19.2. The number of likely N-dealkylation sites (tertiary alicyclic amines) is 1. The van der Waals surface area contributed by atoms with Crippen LogP contribution in [0.1, 0.15) is 26.7 Å². The van der Waals surface area contributed by atoms with Gasteiger partial charge in [-0.1, -0.05) is 0 Å². The van der Waals surface area contributed by atoms with Crippen molar-refractivity contribution in [1.82, 2.24) is 9.62 Å². The number of carbonyl (C=O) groups excluding carboxylic acids is 1. The molecule has 1 saturated heterocycles. The standard InChI is InChI=1S/C17H27N3O5S.ClH/c1-3-24-15-6-5-14(11-16(15)25-4-2)26(22,23)19-12-17(21)20-9-7-13(18)8-10-20;/h5-6,11,13,19H,3-4,7-10,12,18H2,1-2H3;1H. The van der Waals surface area contributed by atoms with Crippen LogP contribution in [0.3, 0.4) is 0 Å². The molecular weight excluding hydrogens is 394 g/mol. The Kier molecular flexibility index (Phi) is 9.31. The molecule has 0 atom stereocenters. The molecule has 10 heteroatoms. The third-order valence-corrected chi connectivity index (χ3v) is 5.53. The number of nitrogens with zero attached hydrogens (tertiary/aromatic N) is 1. The lowest BCUT2D eigenvalue weighted by Crippen LogP contribution is -2.46. The summed E-state index contributed by atoms with van der Waals surface area (Å²) in [7, 11) is -3.84. The summed E-state index contributed by atoms with van der Waals surface area (Å²) in [6, 6.07) is 4.50. The molecule has 0 saturated carbocycles. The molecule has 0 bridgehead atoms.